The van der Waals surface area contributed by atoms with Crippen LogP contribution in [0.2, 0.25) is 0 Å². The molecule has 0 spiro atoms. The third kappa shape index (κ3) is 5.18. The van der Waals surface area contributed by atoms with Gasteiger partial charge in [-0.05, 0) is 67.6 Å². The summed E-state index contributed by atoms with van der Waals surface area (Å²) in [7, 11) is -2.10. The molecule has 7 nitrogen and oxygen atoms in total. The summed E-state index contributed by atoms with van der Waals surface area (Å²) in [5, 5.41) is 0.680. The van der Waals surface area contributed by atoms with Crippen molar-refractivity contribution in [2.75, 3.05) is 25.1 Å². The molecule has 198 valence electrons. The lowest BCUT2D eigenvalue weighted by atomic mass is 9.96. The number of aromatic nitrogens is 1. The van der Waals surface area contributed by atoms with E-state index in [-0.39, 0.29) is 16.7 Å². The number of amides is 1. The number of anilines is 1. The van der Waals surface area contributed by atoms with Gasteiger partial charge in [0.05, 0.1) is 28.8 Å². The number of benzene rings is 3. The van der Waals surface area contributed by atoms with Gasteiger partial charge in [0, 0.05) is 19.0 Å². The molecule has 0 radical (unpaired) electrons. The normalized spacial score (nSPS) is 15.0. The zero-order valence-electron chi connectivity index (χ0n) is 21.8. The maximum absolute atomic E-state index is 14.0. The summed E-state index contributed by atoms with van der Waals surface area (Å²) in [5.74, 6) is 0.312. The summed E-state index contributed by atoms with van der Waals surface area (Å²) in [6.07, 6.45) is 0.922. The second kappa shape index (κ2) is 10.8. The van der Waals surface area contributed by atoms with Crippen LogP contribution >= 0.6 is 11.3 Å². The Morgan fingerprint density at radius 2 is 1.66 bits per heavy atom. The van der Waals surface area contributed by atoms with Gasteiger partial charge >= 0.3 is 0 Å². The lowest BCUT2D eigenvalue weighted by Crippen LogP contribution is -2.44. The SMILES string of the molecule is COc1ccc(S(=O)(=O)N2CCC(C(=O)N(Cc3ccccc3)c3nc4c(C)ccc(C)c4s3)CC2)cc1. The fourth-order valence-corrected chi connectivity index (χ4v) is 7.42. The van der Waals surface area contributed by atoms with Crippen molar-refractivity contribution in [1.29, 1.82) is 0 Å². The fraction of sp³-hybridized carbons (Fsp3) is 0.310. The van der Waals surface area contributed by atoms with Gasteiger partial charge in [-0.2, -0.15) is 4.31 Å². The van der Waals surface area contributed by atoms with Gasteiger partial charge in [-0.3, -0.25) is 9.69 Å². The van der Waals surface area contributed by atoms with Crippen molar-refractivity contribution >= 4 is 42.6 Å². The van der Waals surface area contributed by atoms with Gasteiger partial charge in [0.1, 0.15) is 5.75 Å². The van der Waals surface area contributed by atoms with E-state index in [2.05, 4.69) is 19.1 Å². The minimum Gasteiger partial charge on any atom is -0.497 e. The number of hydrogen-bond acceptors (Lipinski definition) is 6. The van der Waals surface area contributed by atoms with E-state index >= 15 is 0 Å². The van der Waals surface area contributed by atoms with Crippen LogP contribution in [0.3, 0.4) is 0 Å². The number of carbonyl (C=O) groups is 1. The molecule has 5 rings (SSSR count). The first kappa shape index (κ1) is 26.3. The Morgan fingerprint density at radius 3 is 2.29 bits per heavy atom. The number of rotatable bonds is 7. The molecule has 0 aliphatic carbocycles. The highest BCUT2D eigenvalue weighted by atomic mass is 32.2. The lowest BCUT2D eigenvalue weighted by Gasteiger charge is -2.33. The Hall–Kier alpha value is -3.27. The number of thiazole rings is 1. The van der Waals surface area contributed by atoms with Gasteiger partial charge in [-0.15, -0.1) is 0 Å². The van der Waals surface area contributed by atoms with Crippen LogP contribution in [-0.2, 0) is 21.4 Å². The van der Waals surface area contributed by atoms with Crippen LogP contribution in [0, 0.1) is 19.8 Å². The van der Waals surface area contributed by atoms with Crippen LogP contribution in [0.1, 0.15) is 29.5 Å². The summed E-state index contributed by atoms with van der Waals surface area (Å²) in [5.41, 5.74) is 4.17. The highest BCUT2D eigenvalue weighted by molar-refractivity contribution is 7.89. The standard InChI is InChI=1S/C29H31N3O4S2/c1-20-9-10-21(2)27-26(20)30-29(37-27)32(19-22-7-5-4-6-8-22)28(33)23-15-17-31(18-16-23)38(34,35)25-13-11-24(36-3)12-14-25/h4-14,23H,15-19H2,1-3H3. The predicted octanol–water partition coefficient (Wildman–Crippen LogP) is 5.56. The van der Waals surface area contributed by atoms with E-state index in [0.29, 0.717) is 43.4 Å². The van der Waals surface area contributed by atoms with E-state index in [1.165, 1.54) is 4.31 Å². The molecule has 0 N–H and O–H groups in total. The Labute approximate surface area is 227 Å². The fourth-order valence-electron chi connectivity index (χ4n) is 4.83. The van der Waals surface area contributed by atoms with Gasteiger partial charge < -0.3 is 4.74 Å². The highest BCUT2D eigenvalue weighted by Crippen LogP contribution is 2.35. The summed E-state index contributed by atoms with van der Waals surface area (Å²) in [6.45, 7) is 5.10. The number of nitrogens with zero attached hydrogens (tertiary/aromatic N) is 3. The van der Waals surface area contributed by atoms with Crippen molar-refractivity contribution in [2.45, 2.75) is 38.1 Å². The van der Waals surface area contributed by atoms with Crippen molar-refractivity contribution in [1.82, 2.24) is 9.29 Å². The average molecular weight is 550 g/mol. The molecule has 9 heteroatoms. The maximum Gasteiger partial charge on any atom is 0.243 e. The largest absolute Gasteiger partial charge is 0.497 e. The molecule has 1 fully saturated rings. The molecule has 2 heterocycles. The maximum atomic E-state index is 14.0. The van der Waals surface area contributed by atoms with Crippen molar-refractivity contribution < 1.29 is 17.9 Å². The quantitative estimate of drug-likeness (QED) is 0.302. The Bertz CT molecular complexity index is 1500. The third-order valence-electron chi connectivity index (χ3n) is 7.11. The number of sulfonamides is 1. The summed E-state index contributed by atoms with van der Waals surface area (Å²) in [6, 6.07) is 20.5. The summed E-state index contributed by atoms with van der Waals surface area (Å²) >= 11 is 1.54. The minimum absolute atomic E-state index is 0.00953. The van der Waals surface area contributed by atoms with Gasteiger partial charge in [0.25, 0.3) is 0 Å². The topological polar surface area (TPSA) is 79.8 Å². The first-order chi connectivity index (χ1) is 18.3. The van der Waals surface area contributed by atoms with E-state index in [9.17, 15) is 13.2 Å². The second-order valence-electron chi connectivity index (χ2n) is 9.64. The Balaban J connectivity index is 1.38. The first-order valence-corrected chi connectivity index (χ1v) is 14.9. The molecule has 3 aromatic carbocycles. The molecule has 0 saturated carbocycles. The number of ether oxygens (including phenoxy) is 1. The smallest absolute Gasteiger partial charge is 0.243 e. The third-order valence-corrected chi connectivity index (χ3v) is 10.2. The molecule has 0 atom stereocenters. The second-order valence-corrected chi connectivity index (χ2v) is 12.6. The van der Waals surface area contributed by atoms with Crippen LogP contribution in [0.4, 0.5) is 5.13 Å². The number of fused-ring (bicyclic) bond motifs is 1. The van der Waals surface area contributed by atoms with Crippen molar-refractivity contribution in [2.24, 2.45) is 5.92 Å². The monoisotopic (exact) mass is 549 g/mol. The molecule has 1 aromatic heterocycles. The molecule has 38 heavy (non-hydrogen) atoms. The van der Waals surface area contributed by atoms with Gasteiger partial charge in [-0.1, -0.05) is 53.8 Å². The Kier molecular flexibility index (Phi) is 7.52. The number of piperidine rings is 1. The molecule has 0 unspecified atom stereocenters. The summed E-state index contributed by atoms with van der Waals surface area (Å²) < 4.78 is 34.1. The van der Waals surface area contributed by atoms with E-state index in [1.807, 2.05) is 37.3 Å². The minimum atomic E-state index is -3.64. The first-order valence-electron chi connectivity index (χ1n) is 12.6. The zero-order chi connectivity index (χ0) is 26.9. The van der Waals surface area contributed by atoms with Gasteiger partial charge in [0.15, 0.2) is 5.13 Å². The lowest BCUT2D eigenvalue weighted by molar-refractivity contribution is -0.123. The average Bonchev–Trinajstić information content (AvgIpc) is 3.41. The van der Waals surface area contributed by atoms with Crippen LogP contribution in [0.15, 0.2) is 71.6 Å². The van der Waals surface area contributed by atoms with Crippen LogP contribution in [0.5, 0.6) is 5.75 Å². The van der Waals surface area contributed by atoms with Crippen molar-refractivity contribution in [3.63, 3.8) is 0 Å². The van der Waals surface area contributed by atoms with E-state index in [0.717, 1.165) is 26.9 Å². The molecule has 1 aliphatic heterocycles. The van der Waals surface area contributed by atoms with E-state index in [4.69, 9.17) is 9.72 Å². The highest BCUT2D eigenvalue weighted by Gasteiger charge is 2.35. The van der Waals surface area contributed by atoms with Gasteiger partial charge in [-0.25, -0.2) is 13.4 Å². The van der Waals surface area contributed by atoms with Crippen molar-refractivity contribution in [3.05, 3.63) is 83.4 Å². The molecule has 0 bridgehead atoms. The number of methoxy groups -OCH3 is 1. The van der Waals surface area contributed by atoms with Crippen LogP contribution in [-0.4, -0.2) is 43.8 Å². The van der Waals surface area contributed by atoms with Crippen LogP contribution < -0.4 is 9.64 Å². The summed E-state index contributed by atoms with van der Waals surface area (Å²) in [4.78, 5) is 20.9. The van der Waals surface area contributed by atoms with Crippen LogP contribution in [0.25, 0.3) is 10.2 Å². The number of aryl methyl sites for hydroxylation is 2. The van der Waals surface area contributed by atoms with Crippen molar-refractivity contribution in [3.8, 4) is 5.75 Å². The molecule has 1 aliphatic rings. The molecular weight excluding hydrogens is 518 g/mol. The van der Waals surface area contributed by atoms with E-state index < -0.39 is 10.0 Å². The van der Waals surface area contributed by atoms with E-state index in [1.54, 1.807) is 47.6 Å². The molecule has 1 amide bonds. The van der Waals surface area contributed by atoms with Gasteiger partial charge in [0.2, 0.25) is 15.9 Å². The number of carbonyl (C=O) groups excluding carboxylic acids is 1. The molecule has 1 saturated heterocycles. The molecular formula is C29H31N3O4S2. The predicted molar refractivity (Wildman–Crippen MR) is 151 cm³/mol. The zero-order valence-corrected chi connectivity index (χ0v) is 23.4. The molecule has 4 aromatic rings. The number of hydrogen-bond donors (Lipinski definition) is 0. The Morgan fingerprint density at radius 1 is 1.00 bits per heavy atom.